The van der Waals surface area contributed by atoms with Crippen molar-refractivity contribution in [3.8, 4) is 0 Å². The molecule has 2 aliphatic rings. The summed E-state index contributed by atoms with van der Waals surface area (Å²) in [6.07, 6.45) is 4.58. The minimum atomic E-state index is 0.279. The minimum Gasteiger partial charge on any atom is -0.396 e. The van der Waals surface area contributed by atoms with E-state index in [1.54, 1.807) is 0 Å². The van der Waals surface area contributed by atoms with E-state index >= 15 is 0 Å². The van der Waals surface area contributed by atoms with Gasteiger partial charge in [0.1, 0.15) is 11.6 Å². The highest BCUT2D eigenvalue weighted by molar-refractivity contribution is 5.41. The number of nitrogens with zero attached hydrogens (tertiary/aromatic N) is 3. The summed E-state index contributed by atoms with van der Waals surface area (Å²) < 4.78 is 0. The fourth-order valence-electron chi connectivity index (χ4n) is 3.49. The van der Waals surface area contributed by atoms with Gasteiger partial charge in [-0.15, -0.1) is 0 Å². The molecule has 2 fully saturated rings. The Kier molecular flexibility index (Phi) is 4.70. The lowest BCUT2D eigenvalue weighted by molar-refractivity contribution is 0.208. The molecule has 3 heterocycles. The summed E-state index contributed by atoms with van der Waals surface area (Å²) >= 11 is 0. The van der Waals surface area contributed by atoms with Gasteiger partial charge in [0.15, 0.2) is 0 Å². The lowest BCUT2D eigenvalue weighted by Gasteiger charge is -2.33. The molecule has 0 bridgehead atoms. The Hall–Kier alpha value is -1.20. The van der Waals surface area contributed by atoms with E-state index in [2.05, 4.69) is 26.3 Å². The van der Waals surface area contributed by atoms with E-state index in [0.29, 0.717) is 11.8 Å². The zero-order valence-electron chi connectivity index (χ0n) is 12.9. The van der Waals surface area contributed by atoms with Gasteiger partial charge in [-0.2, -0.15) is 0 Å². The van der Waals surface area contributed by atoms with E-state index in [0.717, 1.165) is 63.5 Å². The minimum absolute atomic E-state index is 0.279. The first-order chi connectivity index (χ1) is 10.3. The summed E-state index contributed by atoms with van der Waals surface area (Å²) in [5, 5.41) is 12.8. The predicted molar refractivity (Wildman–Crippen MR) is 83.6 cm³/mol. The zero-order chi connectivity index (χ0) is 14.7. The van der Waals surface area contributed by atoms with Crippen LogP contribution in [0.5, 0.6) is 0 Å². The Morgan fingerprint density at radius 1 is 1.29 bits per heavy atom. The highest BCUT2D eigenvalue weighted by Gasteiger charge is 2.23. The SMILES string of the molecule is Cc1nc(C2CCNCC2)cc(N2CCC[C@@H](CO)C2)n1. The number of rotatable bonds is 3. The number of hydrogen-bond acceptors (Lipinski definition) is 5. The van der Waals surface area contributed by atoms with E-state index in [9.17, 15) is 5.11 Å². The van der Waals surface area contributed by atoms with Crippen molar-refractivity contribution >= 4 is 5.82 Å². The van der Waals surface area contributed by atoms with Crippen LogP contribution in [0.25, 0.3) is 0 Å². The molecule has 1 aromatic rings. The molecule has 21 heavy (non-hydrogen) atoms. The number of hydrogen-bond donors (Lipinski definition) is 2. The second kappa shape index (κ2) is 6.71. The van der Waals surface area contributed by atoms with Crippen LogP contribution in [0, 0.1) is 12.8 Å². The van der Waals surface area contributed by atoms with Gasteiger partial charge in [-0.05, 0) is 51.6 Å². The van der Waals surface area contributed by atoms with Crippen LogP contribution in [0.3, 0.4) is 0 Å². The van der Waals surface area contributed by atoms with E-state index in [4.69, 9.17) is 0 Å². The molecule has 116 valence electrons. The maximum atomic E-state index is 9.40. The first-order valence-electron chi connectivity index (χ1n) is 8.18. The van der Waals surface area contributed by atoms with Crippen LogP contribution >= 0.6 is 0 Å². The second-order valence-corrected chi connectivity index (χ2v) is 6.36. The first-order valence-corrected chi connectivity index (χ1v) is 8.18. The number of aryl methyl sites for hydroxylation is 1. The predicted octanol–water partition coefficient (Wildman–Crippen LogP) is 1.46. The molecular formula is C16H26N4O. The van der Waals surface area contributed by atoms with Gasteiger partial charge in [0, 0.05) is 37.4 Å². The molecule has 0 spiro atoms. The number of aliphatic hydroxyl groups is 1. The van der Waals surface area contributed by atoms with Gasteiger partial charge in [-0.25, -0.2) is 9.97 Å². The third kappa shape index (κ3) is 3.52. The molecule has 0 unspecified atom stereocenters. The fraction of sp³-hybridized carbons (Fsp3) is 0.750. The van der Waals surface area contributed by atoms with Crippen molar-refractivity contribution in [2.75, 3.05) is 37.7 Å². The topological polar surface area (TPSA) is 61.3 Å². The molecule has 2 N–H and O–H groups in total. The van der Waals surface area contributed by atoms with Crippen molar-refractivity contribution < 1.29 is 5.11 Å². The molecule has 2 aliphatic heterocycles. The molecule has 1 aromatic heterocycles. The van der Waals surface area contributed by atoms with Gasteiger partial charge < -0.3 is 15.3 Å². The maximum Gasteiger partial charge on any atom is 0.132 e. The molecule has 2 saturated heterocycles. The highest BCUT2D eigenvalue weighted by Crippen LogP contribution is 2.28. The molecule has 5 nitrogen and oxygen atoms in total. The highest BCUT2D eigenvalue weighted by atomic mass is 16.3. The molecule has 3 rings (SSSR count). The summed E-state index contributed by atoms with van der Waals surface area (Å²) in [7, 11) is 0. The molecule has 0 radical (unpaired) electrons. The van der Waals surface area contributed by atoms with Crippen LogP contribution in [-0.4, -0.2) is 47.9 Å². The van der Waals surface area contributed by atoms with Crippen molar-refractivity contribution in [2.24, 2.45) is 5.92 Å². The van der Waals surface area contributed by atoms with E-state index in [1.807, 2.05) is 6.92 Å². The van der Waals surface area contributed by atoms with Gasteiger partial charge in [-0.3, -0.25) is 0 Å². The van der Waals surface area contributed by atoms with Gasteiger partial charge in [0.2, 0.25) is 0 Å². The van der Waals surface area contributed by atoms with E-state index < -0.39 is 0 Å². The van der Waals surface area contributed by atoms with Crippen LogP contribution < -0.4 is 10.2 Å². The summed E-state index contributed by atoms with van der Waals surface area (Å²) in [5.41, 5.74) is 1.20. The standard InChI is InChI=1S/C16H26N4O/c1-12-18-15(14-4-6-17-7-5-14)9-16(19-12)20-8-2-3-13(10-20)11-21/h9,13-14,17,21H,2-8,10-11H2,1H3/t13-/m1/s1. The van der Waals surface area contributed by atoms with Crippen LogP contribution in [0.1, 0.15) is 43.1 Å². The van der Waals surface area contributed by atoms with Crippen LogP contribution in [0.15, 0.2) is 6.07 Å². The quantitative estimate of drug-likeness (QED) is 0.882. The first kappa shape index (κ1) is 14.7. The third-order valence-electron chi connectivity index (χ3n) is 4.70. The van der Waals surface area contributed by atoms with Crippen molar-refractivity contribution in [3.05, 3.63) is 17.6 Å². The smallest absolute Gasteiger partial charge is 0.132 e. The van der Waals surface area contributed by atoms with Gasteiger partial charge >= 0.3 is 0 Å². The van der Waals surface area contributed by atoms with Crippen molar-refractivity contribution in [3.63, 3.8) is 0 Å². The number of aliphatic hydroxyl groups excluding tert-OH is 1. The van der Waals surface area contributed by atoms with Crippen LogP contribution in [-0.2, 0) is 0 Å². The Morgan fingerprint density at radius 2 is 2.10 bits per heavy atom. The number of aromatic nitrogens is 2. The van der Waals surface area contributed by atoms with Gasteiger partial charge in [-0.1, -0.05) is 0 Å². The molecule has 1 atom stereocenters. The van der Waals surface area contributed by atoms with E-state index in [-0.39, 0.29) is 6.61 Å². The number of anilines is 1. The number of piperidine rings is 2. The van der Waals surface area contributed by atoms with Crippen LogP contribution in [0.4, 0.5) is 5.82 Å². The Labute approximate surface area is 126 Å². The fourth-order valence-corrected chi connectivity index (χ4v) is 3.49. The average Bonchev–Trinajstić information content (AvgIpc) is 2.55. The van der Waals surface area contributed by atoms with Crippen molar-refractivity contribution in [1.82, 2.24) is 15.3 Å². The summed E-state index contributed by atoms with van der Waals surface area (Å²) in [5.74, 6) is 2.86. The molecule has 0 amide bonds. The number of nitrogens with one attached hydrogen (secondary N) is 1. The Balaban J connectivity index is 1.80. The Bertz CT molecular complexity index is 473. The zero-order valence-corrected chi connectivity index (χ0v) is 12.9. The largest absolute Gasteiger partial charge is 0.396 e. The average molecular weight is 290 g/mol. The van der Waals surface area contributed by atoms with E-state index in [1.165, 1.54) is 5.69 Å². The second-order valence-electron chi connectivity index (χ2n) is 6.36. The normalized spacial score (nSPS) is 24.3. The van der Waals surface area contributed by atoms with Gasteiger partial charge in [0.25, 0.3) is 0 Å². The summed E-state index contributed by atoms with van der Waals surface area (Å²) in [6.45, 7) is 6.39. The monoisotopic (exact) mass is 290 g/mol. The maximum absolute atomic E-state index is 9.40. The van der Waals surface area contributed by atoms with Crippen LogP contribution in [0.2, 0.25) is 0 Å². The van der Waals surface area contributed by atoms with Gasteiger partial charge in [0.05, 0.1) is 0 Å². The lowest BCUT2D eigenvalue weighted by atomic mass is 9.94. The molecule has 0 saturated carbocycles. The lowest BCUT2D eigenvalue weighted by Crippen LogP contribution is -2.37. The van der Waals surface area contributed by atoms with Crippen molar-refractivity contribution in [2.45, 2.75) is 38.5 Å². The third-order valence-corrected chi connectivity index (χ3v) is 4.70. The molecule has 5 heteroatoms. The summed E-state index contributed by atoms with van der Waals surface area (Å²) in [6, 6.07) is 2.18. The van der Waals surface area contributed by atoms with Crippen molar-refractivity contribution in [1.29, 1.82) is 0 Å². The Morgan fingerprint density at radius 3 is 2.86 bits per heavy atom. The molecule has 0 aliphatic carbocycles. The molecule has 0 aromatic carbocycles. The summed E-state index contributed by atoms with van der Waals surface area (Å²) in [4.78, 5) is 11.6. The molecular weight excluding hydrogens is 264 g/mol.